The van der Waals surface area contributed by atoms with Gasteiger partial charge in [-0.1, -0.05) is 39.5 Å². The summed E-state index contributed by atoms with van der Waals surface area (Å²) < 4.78 is 0. The fourth-order valence-electron chi connectivity index (χ4n) is 2.77. The Morgan fingerprint density at radius 1 is 1.00 bits per heavy atom. The van der Waals surface area contributed by atoms with Crippen molar-refractivity contribution in [2.75, 3.05) is 32.7 Å². The molecule has 0 aliphatic carbocycles. The van der Waals surface area contributed by atoms with Crippen molar-refractivity contribution in [1.29, 1.82) is 0 Å². The van der Waals surface area contributed by atoms with Gasteiger partial charge in [-0.2, -0.15) is 0 Å². The molecule has 1 aliphatic rings. The van der Waals surface area contributed by atoms with Crippen LogP contribution in [0.1, 0.15) is 58.8 Å². The topological polar surface area (TPSA) is 15.3 Å². The highest BCUT2D eigenvalue weighted by Crippen LogP contribution is 2.21. The van der Waals surface area contributed by atoms with E-state index in [1.807, 2.05) is 0 Å². The number of piperidine rings is 1. The predicted molar refractivity (Wildman–Crippen MR) is 76.5 cm³/mol. The van der Waals surface area contributed by atoms with E-state index in [1.165, 1.54) is 77.7 Å². The van der Waals surface area contributed by atoms with Crippen LogP contribution in [-0.2, 0) is 0 Å². The fraction of sp³-hybridized carbons (Fsp3) is 1.00. The number of likely N-dealkylation sites (tertiary alicyclic amines) is 1. The van der Waals surface area contributed by atoms with Crippen LogP contribution in [0.5, 0.6) is 0 Å². The molecule has 0 radical (unpaired) electrons. The van der Waals surface area contributed by atoms with E-state index < -0.39 is 0 Å². The first-order valence-corrected chi connectivity index (χ1v) is 7.79. The van der Waals surface area contributed by atoms with Gasteiger partial charge >= 0.3 is 0 Å². The number of hydrogen-bond acceptors (Lipinski definition) is 2. The van der Waals surface area contributed by atoms with Crippen molar-refractivity contribution in [2.24, 2.45) is 5.92 Å². The van der Waals surface area contributed by atoms with Crippen LogP contribution < -0.4 is 5.32 Å². The van der Waals surface area contributed by atoms with E-state index in [0.29, 0.717) is 0 Å². The Morgan fingerprint density at radius 3 is 2.41 bits per heavy atom. The molecule has 17 heavy (non-hydrogen) atoms. The number of nitrogens with zero attached hydrogens (tertiary/aromatic N) is 1. The molecular formula is C15H32N2. The maximum Gasteiger partial charge on any atom is 0.0107 e. The summed E-state index contributed by atoms with van der Waals surface area (Å²) in [7, 11) is 0. The lowest BCUT2D eigenvalue weighted by Gasteiger charge is -2.31. The molecule has 0 spiro atoms. The maximum atomic E-state index is 3.56. The van der Waals surface area contributed by atoms with Crippen LogP contribution in [0, 0.1) is 5.92 Å². The molecule has 1 N–H and O–H groups in total. The van der Waals surface area contributed by atoms with Crippen LogP contribution in [-0.4, -0.2) is 37.6 Å². The minimum Gasteiger partial charge on any atom is -0.315 e. The molecule has 1 aliphatic heterocycles. The lowest BCUT2D eigenvalue weighted by molar-refractivity contribution is 0.179. The summed E-state index contributed by atoms with van der Waals surface area (Å²) in [6, 6.07) is 0. The number of rotatable bonds is 9. The molecule has 102 valence electrons. The average Bonchev–Trinajstić information content (AvgIpc) is 2.36. The predicted octanol–water partition coefficient (Wildman–Crippen LogP) is 3.28. The standard InChI is InChI=1S/C15H32N2/c1-3-5-6-10-16-11-14-17-12-8-15(7-4-2)9-13-17/h15-16H,3-14H2,1-2H3. The van der Waals surface area contributed by atoms with E-state index in [9.17, 15) is 0 Å². The van der Waals surface area contributed by atoms with Crippen LogP contribution in [0.3, 0.4) is 0 Å². The van der Waals surface area contributed by atoms with E-state index >= 15 is 0 Å². The van der Waals surface area contributed by atoms with E-state index in [2.05, 4.69) is 24.1 Å². The third-order valence-corrected chi connectivity index (χ3v) is 3.97. The summed E-state index contributed by atoms with van der Waals surface area (Å²) in [5, 5.41) is 3.56. The van der Waals surface area contributed by atoms with Crippen LogP contribution in [0.4, 0.5) is 0 Å². The molecule has 1 rings (SSSR count). The normalized spacial score (nSPS) is 18.7. The maximum absolute atomic E-state index is 3.56. The van der Waals surface area contributed by atoms with Crippen molar-refractivity contribution in [3.8, 4) is 0 Å². The zero-order valence-electron chi connectivity index (χ0n) is 12.0. The molecule has 0 bridgehead atoms. The van der Waals surface area contributed by atoms with Gasteiger partial charge in [0.25, 0.3) is 0 Å². The Balaban J connectivity index is 1.91. The fourth-order valence-corrected chi connectivity index (χ4v) is 2.77. The summed E-state index contributed by atoms with van der Waals surface area (Å²) in [5.74, 6) is 1.02. The molecule has 0 atom stereocenters. The molecule has 1 heterocycles. The molecule has 2 nitrogen and oxygen atoms in total. The quantitative estimate of drug-likeness (QED) is 0.622. The third kappa shape index (κ3) is 7.05. The van der Waals surface area contributed by atoms with E-state index in [4.69, 9.17) is 0 Å². The molecular weight excluding hydrogens is 208 g/mol. The van der Waals surface area contributed by atoms with Gasteiger partial charge < -0.3 is 10.2 Å². The number of nitrogens with one attached hydrogen (secondary N) is 1. The van der Waals surface area contributed by atoms with Crippen molar-refractivity contribution >= 4 is 0 Å². The van der Waals surface area contributed by atoms with Crippen LogP contribution in [0.2, 0.25) is 0 Å². The highest BCUT2D eigenvalue weighted by atomic mass is 15.1. The number of unbranched alkanes of at least 4 members (excludes halogenated alkanes) is 2. The highest BCUT2D eigenvalue weighted by molar-refractivity contribution is 4.72. The van der Waals surface area contributed by atoms with Gasteiger partial charge in [0, 0.05) is 13.1 Å². The molecule has 0 saturated carbocycles. The lowest BCUT2D eigenvalue weighted by Crippen LogP contribution is -2.38. The Labute approximate surface area is 108 Å². The van der Waals surface area contributed by atoms with Gasteiger partial charge in [0.1, 0.15) is 0 Å². The summed E-state index contributed by atoms with van der Waals surface area (Å²) in [5.41, 5.74) is 0. The molecule has 0 amide bonds. The van der Waals surface area contributed by atoms with Crippen molar-refractivity contribution in [3.05, 3.63) is 0 Å². The van der Waals surface area contributed by atoms with Gasteiger partial charge in [-0.25, -0.2) is 0 Å². The monoisotopic (exact) mass is 240 g/mol. The first-order valence-electron chi connectivity index (χ1n) is 7.79. The Bertz CT molecular complexity index is 162. The van der Waals surface area contributed by atoms with Crippen LogP contribution >= 0.6 is 0 Å². The van der Waals surface area contributed by atoms with Gasteiger partial charge in [-0.15, -0.1) is 0 Å². The first kappa shape index (κ1) is 15.0. The second kappa shape index (κ2) is 9.90. The smallest absolute Gasteiger partial charge is 0.0107 e. The SMILES string of the molecule is CCCCCNCCN1CCC(CCC)CC1. The van der Waals surface area contributed by atoms with Gasteiger partial charge in [0.15, 0.2) is 0 Å². The van der Waals surface area contributed by atoms with Crippen LogP contribution in [0.15, 0.2) is 0 Å². The van der Waals surface area contributed by atoms with E-state index in [0.717, 1.165) is 5.92 Å². The van der Waals surface area contributed by atoms with E-state index in [-0.39, 0.29) is 0 Å². The molecule has 0 unspecified atom stereocenters. The zero-order valence-corrected chi connectivity index (χ0v) is 12.0. The van der Waals surface area contributed by atoms with Crippen LogP contribution in [0.25, 0.3) is 0 Å². The van der Waals surface area contributed by atoms with Crippen molar-refractivity contribution in [3.63, 3.8) is 0 Å². The van der Waals surface area contributed by atoms with Gasteiger partial charge in [-0.05, 0) is 44.8 Å². The van der Waals surface area contributed by atoms with Crippen molar-refractivity contribution in [1.82, 2.24) is 10.2 Å². The molecule has 1 saturated heterocycles. The van der Waals surface area contributed by atoms with Crippen molar-refractivity contribution in [2.45, 2.75) is 58.8 Å². The molecule has 2 heteroatoms. The summed E-state index contributed by atoms with van der Waals surface area (Å²) in [4.78, 5) is 2.64. The first-order chi connectivity index (χ1) is 8.36. The molecule has 0 aromatic heterocycles. The molecule has 0 aromatic carbocycles. The van der Waals surface area contributed by atoms with Gasteiger partial charge in [0.05, 0.1) is 0 Å². The second-order valence-electron chi connectivity index (χ2n) is 5.53. The summed E-state index contributed by atoms with van der Waals surface area (Å²) >= 11 is 0. The highest BCUT2D eigenvalue weighted by Gasteiger charge is 2.17. The van der Waals surface area contributed by atoms with Crippen molar-refractivity contribution < 1.29 is 0 Å². The number of hydrogen-bond donors (Lipinski definition) is 1. The minimum atomic E-state index is 1.02. The second-order valence-corrected chi connectivity index (χ2v) is 5.53. The zero-order chi connectivity index (χ0) is 12.3. The largest absolute Gasteiger partial charge is 0.315 e. The minimum absolute atomic E-state index is 1.02. The Kier molecular flexibility index (Phi) is 8.72. The third-order valence-electron chi connectivity index (χ3n) is 3.97. The summed E-state index contributed by atoms with van der Waals surface area (Å²) in [6.07, 6.45) is 9.72. The Morgan fingerprint density at radius 2 is 1.76 bits per heavy atom. The van der Waals surface area contributed by atoms with E-state index in [1.54, 1.807) is 0 Å². The lowest BCUT2D eigenvalue weighted by atomic mass is 9.92. The average molecular weight is 240 g/mol. The molecule has 0 aromatic rings. The van der Waals surface area contributed by atoms with Gasteiger partial charge in [-0.3, -0.25) is 0 Å². The van der Waals surface area contributed by atoms with Gasteiger partial charge in [0.2, 0.25) is 0 Å². The molecule has 1 fully saturated rings. The Hall–Kier alpha value is -0.0800. The summed E-state index contributed by atoms with van der Waals surface area (Å²) in [6.45, 7) is 10.9.